The van der Waals surface area contributed by atoms with Gasteiger partial charge in [-0.05, 0) is 83.6 Å². The van der Waals surface area contributed by atoms with Crippen LogP contribution in [0.5, 0.6) is 17.2 Å². The van der Waals surface area contributed by atoms with Crippen LogP contribution in [0.15, 0.2) is 36.4 Å². The molecule has 2 heterocycles. The van der Waals surface area contributed by atoms with Gasteiger partial charge < -0.3 is 19.5 Å². The van der Waals surface area contributed by atoms with E-state index in [2.05, 4.69) is 23.6 Å². The Morgan fingerprint density at radius 1 is 1.12 bits per heavy atom. The summed E-state index contributed by atoms with van der Waals surface area (Å²) < 4.78 is 12.8. The van der Waals surface area contributed by atoms with Crippen LogP contribution in [0.1, 0.15) is 93.1 Å². The minimum Gasteiger partial charge on any atom is -0.508 e. The van der Waals surface area contributed by atoms with E-state index in [0.717, 1.165) is 61.6 Å². The van der Waals surface area contributed by atoms with Gasteiger partial charge in [0.1, 0.15) is 11.9 Å². The number of carbonyl (C=O) groups excluding carboxylic acids is 2. The van der Waals surface area contributed by atoms with E-state index in [0.29, 0.717) is 49.1 Å². The number of hydrogen-bond donors (Lipinski definition) is 1. The van der Waals surface area contributed by atoms with Crippen molar-refractivity contribution in [1.29, 1.82) is 0 Å². The van der Waals surface area contributed by atoms with Gasteiger partial charge in [-0.25, -0.2) is 0 Å². The second-order valence-corrected chi connectivity index (χ2v) is 14.0. The highest BCUT2D eigenvalue weighted by atomic mass is 16.5. The maximum atomic E-state index is 14.0. The lowest BCUT2D eigenvalue weighted by Crippen LogP contribution is -2.69. The number of nitrogens with zero attached hydrogens (tertiary/aromatic N) is 2. The molecule has 7 nitrogen and oxygen atoms in total. The van der Waals surface area contributed by atoms with Crippen LogP contribution in [0.25, 0.3) is 0 Å². The van der Waals surface area contributed by atoms with Crippen LogP contribution in [0, 0.1) is 11.8 Å². The quantitative estimate of drug-likeness (QED) is 0.261. The summed E-state index contributed by atoms with van der Waals surface area (Å²) in [6.45, 7) is 6.42. The summed E-state index contributed by atoms with van der Waals surface area (Å²) in [5, 5.41) is 11.3. The van der Waals surface area contributed by atoms with Gasteiger partial charge in [-0.2, -0.15) is 0 Å². The number of carbonyl (C=O) groups is 2. The predicted octanol–water partition coefficient (Wildman–Crippen LogP) is 5.90. The highest BCUT2D eigenvalue weighted by Crippen LogP contribution is 2.66. The average Bonchev–Trinajstić information content (AvgIpc) is 3.76. The predicted molar refractivity (Wildman–Crippen MR) is 165 cm³/mol. The number of phenols is 1. The zero-order valence-electron chi connectivity index (χ0n) is 25.9. The van der Waals surface area contributed by atoms with E-state index < -0.39 is 0 Å². The van der Waals surface area contributed by atoms with Crippen LogP contribution in [0.3, 0.4) is 0 Å². The SMILES string of the molecule is COc1cc(O)c2c3c1O[C@H]1[C@H](N(C(=O)CCCCC(=O)c4ccccc4)C(C)C)CC[C@H]4[C@@H](C2)N(CC2CC2)CC[C@@]341. The Morgan fingerprint density at radius 2 is 1.88 bits per heavy atom. The normalized spacial score (nSPS) is 28.7. The number of aromatic hydroxyl groups is 1. The van der Waals surface area contributed by atoms with Crippen LogP contribution in [-0.2, 0) is 16.6 Å². The molecule has 43 heavy (non-hydrogen) atoms. The number of unbranched alkanes of at least 4 members (excludes halogenated alkanes) is 1. The van der Waals surface area contributed by atoms with E-state index in [1.54, 1.807) is 13.2 Å². The molecular weight excluding hydrogens is 540 g/mol. The fraction of sp³-hybridized carbons (Fsp3) is 0.611. The van der Waals surface area contributed by atoms with E-state index in [-0.39, 0.29) is 35.3 Å². The van der Waals surface area contributed by atoms with Crippen molar-refractivity contribution in [2.24, 2.45) is 11.8 Å². The van der Waals surface area contributed by atoms with Crippen LogP contribution in [0.2, 0.25) is 0 Å². The first kappa shape index (κ1) is 28.7. The molecule has 1 amide bonds. The topological polar surface area (TPSA) is 79.3 Å². The van der Waals surface area contributed by atoms with Crippen molar-refractivity contribution in [2.45, 2.75) is 108 Å². The van der Waals surface area contributed by atoms with Crippen molar-refractivity contribution < 1.29 is 24.2 Å². The molecule has 230 valence electrons. The summed E-state index contributed by atoms with van der Waals surface area (Å²) >= 11 is 0. The van der Waals surface area contributed by atoms with E-state index >= 15 is 0 Å². The van der Waals surface area contributed by atoms with E-state index in [1.807, 2.05) is 30.3 Å². The molecule has 1 spiro atoms. The van der Waals surface area contributed by atoms with Crippen molar-refractivity contribution in [1.82, 2.24) is 9.80 Å². The van der Waals surface area contributed by atoms with Crippen LogP contribution < -0.4 is 9.47 Å². The number of ether oxygens (including phenoxy) is 2. The van der Waals surface area contributed by atoms with Crippen LogP contribution >= 0.6 is 0 Å². The highest BCUT2D eigenvalue weighted by molar-refractivity contribution is 5.96. The van der Waals surface area contributed by atoms with E-state index in [1.165, 1.54) is 18.4 Å². The summed E-state index contributed by atoms with van der Waals surface area (Å²) in [6.07, 6.45) is 8.59. The largest absolute Gasteiger partial charge is 0.508 e. The Labute approximate surface area is 255 Å². The fourth-order valence-corrected chi connectivity index (χ4v) is 9.26. The first-order valence-electron chi connectivity index (χ1n) is 16.6. The summed E-state index contributed by atoms with van der Waals surface area (Å²) in [6, 6.07) is 11.5. The third-order valence-electron chi connectivity index (χ3n) is 11.2. The molecule has 2 bridgehead atoms. The Morgan fingerprint density at radius 3 is 2.60 bits per heavy atom. The average molecular weight is 587 g/mol. The number of piperidine rings is 1. The summed E-state index contributed by atoms with van der Waals surface area (Å²) in [5.41, 5.74) is 2.72. The van der Waals surface area contributed by atoms with Gasteiger partial charge in [-0.1, -0.05) is 30.3 Å². The summed E-state index contributed by atoms with van der Waals surface area (Å²) in [4.78, 5) is 31.4. The van der Waals surface area contributed by atoms with Gasteiger partial charge in [0.2, 0.25) is 5.91 Å². The summed E-state index contributed by atoms with van der Waals surface area (Å²) in [5.74, 6) is 3.25. The molecule has 0 aromatic heterocycles. The molecule has 2 saturated carbocycles. The maximum Gasteiger partial charge on any atom is 0.223 e. The zero-order valence-corrected chi connectivity index (χ0v) is 25.9. The molecule has 3 aliphatic carbocycles. The first-order chi connectivity index (χ1) is 20.8. The first-order valence-corrected chi connectivity index (χ1v) is 16.6. The number of benzene rings is 2. The van der Waals surface area contributed by atoms with Crippen LogP contribution in [-0.4, -0.2) is 71.0 Å². The molecule has 0 radical (unpaired) electrons. The fourth-order valence-electron chi connectivity index (χ4n) is 9.26. The molecular formula is C36H46N2O5. The number of ketones is 1. The monoisotopic (exact) mass is 586 g/mol. The summed E-state index contributed by atoms with van der Waals surface area (Å²) in [7, 11) is 1.64. The molecule has 7 rings (SSSR count). The molecule has 1 saturated heterocycles. The van der Waals surface area contributed by atoms with Crippen molar-refractivity contribution in [3.05, 3.63) is 53.1 Å². The molecule has 5 aliphatic rings. The number of amides is 1. The second kappa shape index (κ2) is 11.1. The molecule has 2 aromatic rings. The standard InChI is InChI=1S/C36H46N2O5/c1-22(2)38(32(41)12-8-7-11-29(39)24-9-5-4-6-10-24)27-16-15-26-28-19-25-30(40)20-31(42-3)34-33(25)36(26,35(27)43-34)17-18-37(28)21-23-13-14-23/h4-6,9-10,20,22-23,26-28,35,40H,7-8,11-19,21H2,1-3H3/t26-,27+,28+,35-,36-/m0/s1. The zero-order chi connectivity index (χ0) is 29.9. The van der Waals surface area contributed by atoms with Gasteiger partial charge in [0.25, 0.3) is 0 Å². The van der Waals surface area contributed by atoms with Crippen molar-refractivity contribution in [3.63, 3.8) is 0 Å². The third-order valence-corrected chi connectivity index (χ3v) is 11.2. The maximum absolute atomic E-state index is 14.0. The Kier molecular flexibility index (Phi) is 7.43. The minimum atomic E-state index is -0.224. The number of methoxy groups -OCH3 is 1. The van der Waals surface area contributed by atoms with E-state index in [9.17, 15) is 14.7 Å². The number of rotatable bonds is 11. The molecule has 0 unspecified atom stereocenters. The van der Waals surface area contributed by atoms with E-state index in [4.69, 9.17) is 9.47 Å². The van der Waals surface area contributed by atoms with Crippen molar-refractivity contribution in [2.75, 3.05) is 20.2 Å². The van der Waals surface area contributed by atoms with Gasteiger partial charge >= 0.3 is 0 Å². The Bertz CT molecular complexity index is 1390. The van der Waals surface area contributed by atoms with Gasteiger partial charge in [-0.3, -0.25) is 14.5 Å². The Hall–Kier alpha value is -3.06. The molecule has 2 aromatic carbocycles. The number of hydrogen-bond acceptors (Lipinski definition) is 6. The molecule has 1 N–H and O–H groups in total. The van der Waals surface area contributed by atoms with Gasteiger partial charge in [-0.15, -0.1) is 0 Å². The number of likely N-dealkylation sites (tertiary alicyclic amines) is 1. The lowest BCUT2D eigenvalue weighted by molar-refractivity contribution is -0.146. The minimum absolute atomic E-state index is 0.0350. The molecule has 7 heteroatoms. The molecule has 3 fully saturated rings. The van der Waals surface area contributed by atoms with Gasteiger partial charge in [0, 0.05) is 59.6 Å². The lowest BCUT2D eigenvalue weighted by atomic mass is 9.50. The van der Waals surface area contributed by atoms with Crippen molar-refractivity contribution in [3.8, 4) is 17.2 Å². The number of phenolic OH excluding ortho intramolecular Hbond substituents is 1. The van der Waals surface area contributed by atoms with Crippen LogP contribution in [0.4, 0.5) is 0 Å². The Balaban J connectivity index is 1.14. The third kappa shape index (κ3) is 4.73. The number of Topliss-reactive ketones (excluding diaryl/α,β-unsaturated/α-hetero) is 1. The van der Waals surface area contributed by atoms with Gasteiger partial charge in [0.05, 0.1) is 13.2 Å². The van der Waals surface area contributed by atoms with Gasteiger partial charge in [0.15, 0.2) is 17.3 Å². The smallest absolute Gasteiger partial charge is 0.223 e. The molecule has 5 atom stereocenters. The second-order valence-electron chi connectivity index (χ2n) is 14.0. The lowest BCUT2D eigenvalue weighted by Gasteiger charge is -2.61. The van der Waals surface area contributed by atoms with Crippen molar-refractivity contribution >= 4 is 11.7 Å². The molecule has 2 aliphatic heterocycles. The highest BCUT2D eigenvalue weighted by Gasteiger charge is 2.67.